The Balaban J connectivity index is 1.43. The molecule has 2 N–H and O–H groups in total. The van der Waals surface area contributed by atoms with Gasteiger partial charge in [0.2, 0.25) is 12.0 Å². The van der Waals surface area contributed by atoms with Gasteiger partial charge in [0.15, 0.2) is 0 Å². The molecule has 1 heterocycles. The van der Waals surface area contributed by atoms with Crippen LogP contribution in [0.15, 0.2) is 65.7 Å². The van der Waals surface area contributed by atoms with Crippen LogP contribution >= 0.6 is 0 Å². The molecular formula is C21H21N3O4. The zero-order chi connectivity index (χ0) is 19.8. The summed E-state index contributed by atoms with van der Waals surface area (Å²) >= 11 is 0. The van der Waals surface area contributed by atoms with Crippen LogP contribution in [-0.4, -0.2) is 38.0 Å². The lowest BCUT2D eigenvalue weighted by molar-refractivity contribution is -0.123. The van der Waals surface area contributed by atoms with Crippen molar-refractivity contribution in [2.24, 2.45) is 4.99 Å². The van der Waals surface area contributed by atoms with E-state index in [1.165, 1.54) is 6.08 Å². The lowest BCUT2D eigenvalue weighted by atomic mass is 10.1. The number of carbonyl (C=O) groups is 2. The maximum Gasteiger partial charge on any atom is 0.292 e. The molecule has 0 aromatic heterocycles. The number of aliphatic imine (C=N–C) groups is 1. The van der Waals surface area contributed by atoms with E-state index >= 15 is 0 Å². The van der Waals surface area contributed by atoms with E-state index in [2.05, 4.69) is 15.6 Å². The summed E-state index contributed by atoms with van der Waals surface area (Å²) in [6.45, 7) is 0.615. The van der Waals surface area contributed by atoms with Crippen LogP contribution in [0.2, 0.25) is 0 Å². The van der Waals surface area contributed by atoms with Crippen LogP contribution < -0.4 is 15.4 Å². The van der Waals surface area contributed by atoms with E-state index in [0.29, 0.717) is 13.1 Å². The fourth-order valence-corrected chi connectivity index (χ4v) is 2.57. The standard InChI is InChI=1S/C21H21N3O4/c1-27-17-10-7-15(8-11-17)9-12-18(25)22-13-14-23-21-24-20(26)19(28-21)16-5-3-2-4-6-16/h2-12,19H,13-14H2,1H3,(H,22,25)(H,23,24,26)/b12-9+. The zero-order valence-electron chi connectivity index (χ0n) is 15.4. The minimum Gasteiger partial charge on any atom is -0.497 e. The number of amidine groups is 1. The monoisotopic (exact) mass is 379 g/mol. The third kappa shape index (κ3) is 5.20. The number of ether oxygens (including phenoxy) is 2. The summed E-state index contributed by atoms with van der Waals surface area (Å²) in [7, 11) is 1.60. The first kappa shape index (κ1) is 19.2. The van der Waals surface area contributed by atoms with Gasteiger partial charge in [0.05, 0.1) is 13.7 Å². The fraction of sp³-hybridized carbons (Fsp3) is 0.190. The quantitative estimate of drug-likeness (QED) is 0.569. The number of nitrogens with zero attached hydrogens (tertiary/aromatic N) is 1. The van der Waals surface area contributed by atoms with Gasteiger partial charge >= 0.3 is 0 Å². The number of nitrogens with one attached hydrogen (secondary N) is 2. The lowest BCUT2D eigenvalue weighted by Crippen LogP contribution is -2.26. The van der Waals surface area contributed by atoms with E-state index in [-0.39, 0.29) is 17.8 Å². The maximum atomic E-state index is 12.0. The minimum atomic E-state index is -0.693. The Bertz CT molecular complexity index is 876. The average molecular weight is 379 g/mol. The number of hydrogen-bond donors (Lipinski definition) is 2. The summed E-state index contributed by atoms with van der Waals surface area (Å²) in [6.07, 6.45) is 2.47. The fourth-order valence-electron chi connectivity index (χ4n) is 2.57. The first-order chi connectivity index (χ1) is 13.7. The summed E-state index contributed by atoms with van der Waals surface area (Å²) in [4.78, 5) is 28.0. The molecule has 1 saturated heterocycles. The van der Waals surface area contributed by atoms with Crippen molar-refractivity contribution in [2.75, 3.05) is 20.2 Å². The third-order valence-corrected chi connectivity index (χ3v) is 4.01. The van der Waals surface area contributed by atoms with Crippen molar-refractivity contribution in [1.82, 2.24) is 10.6 Å². The second-order valence-corrected chi connectivity index (χ2v) is 5.98. The van der Waals surface area contributed by atoms with E-state index in [1.807, 2.05) is 54.6 Å². The normalized spacial score (nSPS) is 17.4. The molecule has 0 radical (unpaired) electrons. The molecule has 7 nitrogen and oxygen atoms in total. The summed E-state index contributed by atoms with van der Waals surface area (Å²) in [5, 5.41) is 5.33. The molecule has 2 amide bonds. The molecular weight excluding hydrogens is 358 g/mol. The molecule has 2 aromatic carbocycles. The molecule has 1 aliphatic heterocycles. The molecule has 28 heavy (non-hydrogen) atoms. The van der Waals surface area contributed by atoms with E-state index in [4.69, 9.17) is 9.47 Å². The molecule has 2 aromatic rings. The van der Waals surface area contributed by atoms with Crippen LogP contribution in [0.5, 0.6) is 5.75 Å². The van der Waals surface area contributed by atoms with Gasteiger partial charge < -0.3 is 14.8 Å². The van der Waals surface area contributed by atoms with Crippen LogP contribution in [0, 0.1) is 0 Å². The van der Waals surface area contributed by atoms with Gasteiger partial charge in [-0.05, 0) is 23.8 Å². The first-order valence-corrected chi connectivity index (χ1v) is 8.82. The molecule has 1 fully saturated rings. The SMILES string of the molecule is COc1ccc(/C=C/C(=O)NCCN=C2NC(=O)C(c3ccccc3)O2)cc1. The first-order valence-electron chi connectivity index (χ1n) is 8.82. The van der Waals surface area contributed by atoms with Crippen LogP contribution in [0.4, 0.5) is 0 Å². The van der Waals surface area contributed by atoms with Crippen molar-refractivity contribution < 1.29 is 19.1 Å². The molecule has 0 spiro atoms. The largest absolute Gasteiger partial charge is 0.497 e. The van der Waals surface area contributed by atoms with Gasteiger partial charge in [0.25, 0.3) is 11.9 Å². The predicted octanol–water partition coefficient (Wildman–Crippen LogP) is 2.07. The summed E-state index contributed by atoms with van der Waals surface area (Å²) < 4.78 is 10.6. The molecule has 1 unspecified atom stereocenters. The minimum absolute atomic E-state index is 0.168. The summed E-state index contributed by atoms with van der Waals surface area (Å²) in [5.41, 5.74) is 1.66. The van der Waals surface area contributed by atoms with Gasteiger partial charge in [0, 0.05) is 18.2 Å². The summed E-state index contributed by atoms with van der Waals surface area (Å²) in [6, 6.07) is 16.7. The van der Waals surface area contributed by atoms with Gasteiger partial charge in [-0.1, -0.05) is 42.5 Å². The highest BCUT2D eigenvalue weighted by Gasteiger charge is 2.31. The molecule has 7 heteroatoms. The van der Waals surface area contributed by atoms with Gasteiger partial charge in [-0.3, -0.25) is 14.9 Å². The highest BCUT2D eigenvalue weighted by Crippen LogP contribution is 2.21. The van der Waals surface area contributed by atoms with Crippen LogP contribution in [-0.2, 0) is 14.3 Å². The highest BCUT2D eigenvalue weighted by molar-refractivity contribution is 6.02. The number of rotatable bonds is 7. The number of carbonyl (C=O) groups excluding carboxylic acids is 2. The van der Waals surface area contributed by atoms with Gasteiger partial charge in [0.1, 0.15) is 5.75 Å². The van der Waals surface area contributed by atoms with E-state index in [1.54, 1.807) is 13.2 Å². The Morgan fingerprint density at radius 3 is 2.68 bits per heavy atom. The van der Waals surface area contributed by atoms with Gasteiger partial charge in [-0.2, -0.15) is 0 Å². The van der Waals surface area contributed by atoms with Gasteiger partial charge in [-0.25, -0.2) is 4.99 Å². The Kier molecular flexibility index (Phi) is 6.41. The molecule has 3 rings (SSSR count). The van der Waals surface area contributed by atoms with Gasteiger partial charge in [-0.15, -0.1) is 0 Å². The predicted molar refractivity (Wildman–Crippen MR) is 106 cm³/mol. The maximum absolute atomic E-state index is 12.0. The van der Waals surface area contributed by atoms with Crippen molar-refractivity contribution in [3.63, 3.8) is 0 Å². The third-order valence-electron chi connectivity index (χ3n) is 4.01. The second-order valence-electron chi connectivity index (χ2n) is 5.98. The highest BCUT2D eigenvalue weighted by atomic mass is 16.5. The lowest BCUT2D eigenvalue weighted by Gasteiger charge is -2.06. The second kappa shape index (κ2) is 9.36. The molecule has 0 aliphatic carbocycles. The zero-order valence-corrected chi connectivity index (χ0v) is 15.4. The Hall–Kier alpha value is -3.61. The molecule has 0 bridgehead atoms. The summed E-state index contributed by atoms with van der Waals surface area (Å²) in [5.74, 6) is 0.280. The van der Waals surface area contributed by atoms with Crippen LogP contribution in [0.3, 0.4) is 0 Å². The smallest absolute Gasteiger partial charge is 0.292 e. The molecule has 1 aliphatic rings. The van der Waals surface area contributed by atoms with Crippen molar-refractivity contribution in [3.8, 4) is 5.75 Å². The topological polar surface area (TPSA) is 89.0 Å². The van der Waals surface area contributed by atoms with E-state index in [0.717, 1.165) is 16.9 Å². The van der Waals surface area contributed by atoms with Crippen LogP contribution in [0.1, 0.15) is 17.2 Å². The Labute approximate surface area is 163 Å². The number of hydrogen-bond acceptors (Lipinski definition) is 5. The van der Waals surface area contributed by atoms with E-state index < -0.39 is 6.10 Å². The number of benzene rings is 2. The van der Waals surface area contributed by atoms with E-state index in [9.17, 15) is 9.59 Å². The molecule has 1 atom stereocenters. The Morgan fingerprint density at radius 2 is 1.96 bits per heavy atom. The average Bonchev–Trinajstić information content (AvgIpc) is 3.11. The Morgan fingerprint density at radius 1 is 1.21 bits per heavy atom. The number of methoxy groups -OCH3 is 1. The van der Waals surface area contributed by atoms with Crippen molar-refractivity contribution >= 4 is 23.9 Å². The molecule has 0 saturated carbocycles. The van der Waals surface area contributed by atoms with Crippen molar-refractivity contribution in [3.05, 3.63) is 71.8 Å². The molecule has 144 valence electrons. The van der Waals surface area contributed by atoms with Crippen LogP contribution in [0.25, 0.3) is 6.08 Å². The van der Waals surface area contributed by atoms with Crippen molar-refractivity contribution in [2.45, 2.75) is 6.10 Å². The van der Waals surface area contributed by atoms with Crippen molar-refractivity contribution in [1.29, 1.82) is 0 Å². The number of amides is 2.